The van der Waals surface area contributed by atoms with Crippen molar-refractivity contribution < 1.29 is 14.3 Å². The second kappa shape index (κ2) is 8.11. The molecule has 1 aromatic carbocycles. The van der Waals surface area contributed by atoms with Crippen molar-refractivity contribution >= 4 is 11.7 Å². The molecular formula is C20H28N2O3. The quantitative estimate of drug-likeness (QED) is 0.832. The summed E-state index contributed by atoms with van der Waals surface area (Å²) in [5.74, 6) is 0.445. The molecule has 3 rings (SSSR count). The Labute approximate surface area is 149 Å². The number of rotatable bonds is 5. The van der Waals surface area contributed by atoms with E-state index < -0.39 is 5.41 Å². The number of hydrogen-bond acceptors (Lipinski definition) is 4. The largest absolute Gasteiger partial charge is 0.384 e. The fraction of sp³-hybridized carbons (Fsp3) is 0.600. The number of hydrogen-bond donors (Lipinski definition) is 1. The van der Waals surface area contributed by atoms with Gasteiger partial charge in [0.25, 0.3) is 0 Å². The van der Waals surface area contributed by atoms with Gasteiger partial charge in [-0.05, 0) is 38.8 Å². The molecule has 25 heavy (non-hydrogen) atoms. The fourth-order valence-corrected chi connectivity index (χ4v) is 4.12. The molecule has 0 radical (unpaired) electrons. The number of ether oxygens (including phenoxy) is 1. The normalized spacial score (nSPS) is 21.1. The van der Waals surface area contributed by atoms with Crippen molar-refractivity contribution in [3.63, 3.8) is 0 Å². The summed E-state index contributed by atoms with van der Waals surface area (Å²) < 4.78 is 5.38. The Balaban J connectivity index is 1.61. The second-order valence-corrected chi connectivity index (χ2v) is 7.26. The van der Waals surface area contributed by atoms with Crippen LogP contribution in [0, 0.1) is 11.3 Å². The van der Waals surface area contributed by atoms with E-state index in [1.54, 1.807) is 7.11 Å². The Bertz CT molecular complexity index is 583. The van der Waals surface area contributed by atoms with Gasteiger partial charge in [0, 0.05) is 31.7 Å². The van der Waals surface area contributed by atoms with E-state index in [0.29, 0.717) is 19.7 Å². The topological polar surface area (TPSA) is 58.6 Å². The highest BCUT2D eigenvalue weighted by Gasteiger charge is 2.43. The van der Waals surface area contributed by atoms with Crippen molar-refractivity contribution in [3.05, 3.63) is 35.9 Å². The van der Waals surface area contributed by atoms with Crippen LogP contribution in [0.4, 0.5) is 0 Å². The number of carbonyl (C=O) groups is 2. The third kappa shape index (κ3) is 3.93. The van der Waals surface area contributed by atoms with Crippen LogP contribution in [-0.4, -0.2) is 56.5 Å². The molecule has 1 aromatic rings. The Hall–Kier alpha value is -1.72. The zero-order valence-electron chi connectivity index (χ0n) is 15.0. The molecule has 0 aliphatic carbocycles. The van der Waals surface area contributed by atoms with Crippen LogP contribution in [-0.2, 0) is 9.53 Å². The van der Waals surface area contributed by atoms with Gasteiger partial charge >= 0.3 is 0 Å². The average Bonchev–Trinajstić information content (AvgIpc) is 2.68. The minimum Gasteiger partial charge on any atom is -0.384 e. The van der Waals surface area contributed by atoms with Gasteiger partial charge in [-0.25, -0.2) is 0 Å². The molecule has 0 unspecified atom stereocenters. The minimum atomic E-state index is -0.393. The number of ketones is 1. The van der Waals surface area contributed by atoms with E-state index in [1.807, 2.05) is 35.2 Å². The first-order valence-corrected chi connectivity index (χ1v) is 9.24. The number of likely N-dealkylation sites (tertiary alicyclic amines) is 1. The van der Waals surface area contributed by atoms with E-state index in [-0.39, 0.29) is 17.6 Å². The highest BCUT2D eigenvalue weighted by Crippen LogP contribution is 2.33. The Morgan fingerprint density at radius 2 is 1.80 bits per heavy atom. The lowest BCUT2D eigenvalue weighted by molar-refractivity contribution is -0.148. The SMILES string of the molecule is COCC1(C(=O)N2CCC(C(=O)c3ccccc3)CC2)CCNCC1. The monoisotopic (exact) mass is 344 g/mol. The second-order valence-electron chi connectivity index (χ2n) is 7.26. The minimum absolute atomic E-state index is 0.0258. The third-order valence-electron chi connectivity index (χ3n) is 5.65. The number of benzene rings is 1. The lowest BCUT2D eigenvalue weighted by atomic mass is 9.77. The number of carbonyl (C=O) groups excluding carboxylic acids is 2. The summed E-state index contributed by atoms with van der Waals surface area (Å²) in [4.78, 5) is 27.7. The van der Waals surface area contributed by atoms with Crippen LogP contribution in [0.15, 0.2) is 30.3 Å². The first-order valence-electron chi connectivity index (χ1n) is 9.24. The molecule has 0 aromatic heterocycles. The van der Waals surface area contributed by atoms with Gasteiger partial charge in [0.1, 0.15) is 0 Å². The molecule has 2 aliphatic rings. The summed E-state index contributed by atoms with van der Waals surface area (Å²) in [5.41, 5.74) is 0.387. The van der Waals surface area contributed by atoms with Gasteiger partial charge in [0.05, 0.1) is 12.0 Å². The molecule has 1 amide bonds. The van der Waals surface area contributed by atoms with Gasteiger partial charge in [-0.1, -0.05) is 30.3 Å². The van der Waals surface area contributed by atoms with E-state index in [4.69, 9.17) is 4.74 Å². The standard InChI is InChI=1S/C20H28N2O3/c1-25-15-20(9-11-21-12-10-20)19(24)22-13-7-17(8-14-22)18(23)16-5-3-2-4-6-16/h2-6,17,21H,7-15H2,1H3. The van der Waals surface area contributed by atoms with Crippen LogP contribution in [0.5, 0.6) is 0 Å². The van der Waals surface area contributed by atoms with Gasteiger partial charge in [-0.15, -0.1) is 0 Å². The number of nitrogens with zero attached hydrogens (tertiary/aromatic N) is 1. The number of nitrogens with one attached hydrogen (secondary N) is 1. The molecular weight excluding hydrogens is 316 g/mol. The summed E-state index contributed by atoms with van der Waals surface area (Å²) >= 11 is 0. The van der Waals surface area contributed by atoms with Crippen LogP contribution in [0.2, 0.25) is 0 Å². The molecule has 5 nitrogen and oxygen atoms in total. The Morgan fingerprint density at radius 1 is 1.16 bits per heavy atom. The first-order chi connectivity index (χ1) is 12.2. The summed E-state index contributed by atoms with van der Waals surface area (Å²) in [6.45, 7) is 3.54. The van der Waals surface area contributed by atoms with Gasteiger partial charge < -0.3 is 15.0 Å². The van der Waals surface area contributed by atoms with Crippen molar-refractivity contribution in [1.82, 2.24) is 10.2 Å². The lowest BCUT2D eigenvalue weighted by Gasteiger charge is -2.41. The molecule has 2 saturated heterocycles. The first kappa shape index (κ1) is 18.1. The van der Waals surface area contributed by atoms with Crippen molar-refractivity contribution in [2.75, 3.05) is 39.9 Å². The summed E-state index contributed by atoms with van der Waals surface area (Å²) in [5, 5.41) is 3.32. The van der Waals surface area contributed by atoms with Crippen LogP contribution in [0.25, 0.3) is 0 Å². The summed E-state index contributed by atoms with van der Waals surface area (Å²) in [7, 11) is 1.67. The predicted octanol–water partition coefficient (Wildman–Crippen LogP) is 2.12. The molecule has 2 fully saturated rings. The molecule has 0 atom stereocenters. The molecule has 2 aliphatic heterocycles. The van der Waals surface area contributed by atoms with Gasteiger partial charge in [-0.3, -0.25) is 9.59 Å². The lowest BCUT2D eigenvalue weighted by Crippen LogP contribution is -2.53. The van der Waals surface area contributed by atoms with Crippen LogP contribution >= 0.6 is 0 Å². The van der Waals surface area contributed by atoms with E-state index in [0.717, 1.165) is 44.3 Å². The van der Waals surface area contributed by atoms with E-state index in [2.05, 4.69) is 5.32 Å². The van der Waals surface area contributed by atoms with Crippen molar-refractivity contribution in [3.8, 4) is 0 Å². The van der Waals surface area contributed by atoms with Crippen LogP contribution < -0.4 is 5.32 Å². The maximum Gasteiger partial charge on any atom is 0.231 e. The predicted molar refractivity (Wildman–Crippen MR) is 96.5 cm³/mol. The van der Waals surface area contributed by atoms with Gasteiger partial charge in [0.15, 0.2) is 5.78 Å². The zero-order valence-corrected chi connectivity index (χ0v) is 15.0. The Morgan fingerprint density at radius 3 is 2.40 bits per heavy atom. The third-order valence-corrected chi connectivity index (χ3v) is 5.65. The van der Waals surface area contributed by atoms with E-state index >= 15 is 0 Å². The van der Waals surface area contributed by atoms with E-state index in [9.17, 15) is 9.59 Å². The maximum absolute atomic E-state index is 13.1. The highest BCUT2D eigenvalue weighted by atomic mass is 16.5. The molecule has 5 heteroatoms. The van der Waals surface area contributed by atoms with Gasteiger partial charge in [-0.2, -0.15) is 0 Å². The molecule has 0 saturated carbocycles. The van der Waals surface area contributed by atoms with Crippen LogP contribution in [0.1, 0.15) is 36.0 Å². The van der Waals surface area contributed by atoms with Crippen LogP contribution in [0.3, 0.4) is 0 Å². The van der Waals surface area contributed by atoms with Gasteiger partial charge in [0.2, 0.25) is 5.91 Å². The number of Topliss-reactive ketones (excluding diaryl/α,β-unsaturated/α-hetero) is 1. The van der Waals surface area contributed by atoms with Crippen molar-refractivity contribution in [1.29, 1.82) is 0 Å². The number of piperidine rings is 2. The molecule has 136 valence electrons. The highest BCUT2D eigenvalue weighted by molar-refractivity contribution is 5.98. The van der Waals surface area contributed by atoms with Crippen molar-refractivity contribution in [2.45, 2.75) is 25.7 Å². The zero-order chi connectivity index (χ0) is 17.7. The number of methoxy groups -OCH3 is 1. The average molecular weight is 344 g/mol. The Kier molecular flexibility index (Phi) is 5.86. The van der Waals surface area contributed by atoms with Crippen molar-refractivity contribution in [2.24, 2.45) is 11.3 Å². The maximum atomic E-state index is 13.1. The smallest absolute Gasteiger partial charge is 0.231 e. The molecule has 0 spiro atoms. The van der Waals surface area contributed by atoms with E-state index in [1.165, 1.54) is 0 Å². The summed E-state index contributed by atoms with van der Waals surface area (Å²) in [6.07, 6.45) is 3.15. The molecule has 0 bridgehead atoms. The molecule has 1 N–H and O–H groups in total. The molecule has 2 heterocycles. The number of amides is 1. The summed E-state index contributed by atoms with van der Waals surface area (Å²) in [6, 6.07) is 9.48. The fourth-order valence-electron chi connectivity index (χ4n) is 4.12.